The molecule has 1 aromatic carbocycles. The molecular weight excluding hydrogens is 268 g/mol. The third-order valence-corrected chi connectivity index (χ3v) is 3.17. The van der Waals surface area contributed by atoms with Crippen LogP contribution in [0.3, 0.4) is 0 Å². The number of carbonyl (C=O) groups excluding carboxylic acids is 1. The molecule has 2 rings (SSSR count). The fourth-order valence-electron chi connectivity index (χ4n) is 2.01. The average Bonchev–Trinajstić information content (AvgIpc) is 3.26. The van der Waals surface area contributed by atoms with Crippen molar-refractivity contribution in [3.05, 3.63) is 18.2 Å². The maximum Gasteiger partial charge on any atom is 0.221 e. The first-order valence-corrected chi connectivity index (χ1v) is 7.65. The Bertz CT molecular complexity index is 473. The van der Waals surface area contributed by atoms with E-state index in [2.05, 4.69) is 10.6 Å². The molecule has 0 radical (unpaired) electrons. The minimum atomic E-state index is 0.112. The highest BCUT2D eigenvalue weighted by Crippen LogP contribution is 2.30. The summed E-state index contributed by atoms with van der Waals surface area (Å²) in [5.74, 6) is 1.59. The predicted molar refractivity (Wildman–Crippen MR) is 83.1 cm³/mol. The van der Waals surface area contributed by atoms with E-state index >= 15 is 0 Å². The van der Waals surface area contributed by atoms with Crippen molar-refractivity contribution in [1.82, 2.24) is 5.32 Å². The zero-order valence-electron chi connectivity index (χ0n) is 12.8. The molecule has 1 aromatic rings. The first-order chi connectivity index (χ1) is 10.2. The molecule has 0 bridgehead atoms. The SMILES string of the molecule is CCOc1ccc(NCCC(=O)NC2CC2)cc1OCC. The molecule has 0 unspecified atom stereocenters. The van der Waals surface area contributed by atoms with Crippen LogP contribution in [0.15, 0.2) is 18.2 Å². The van der Waals surface area contributed by atoms with Gasteiger partial charge in [-0.3, -0.25) is 4.79 Å². The van der Waals surface area contributed by atoms with Crippen molar-refractivity contribution in [1.29, 1.82) is 0 Å². The van der Waals surface area contributed by atoms with Crippen molar-refractivity contribution < 1.29 is 14.3 Å². The summed E-state index contributed by atoms with van der Waals surface area (Å²) in [6.45, 7) is 5.69. The summed E-state index contributed by atoms with van der Waals surface area (Å²) in [5.41, 5.74) is 0.932. The van der Waals surface area contributed by atoms with Gasteiger partial charge in [-0.15, -0.1) is 0 Å². The lowest BCUT2D eigenvalue weighted by Crippen LogP contribution is -2.27. The molecule has 116 valence electrons. The summed E-state index contributed by atoms with van der Waals surface area (Å²) in [5, 5.41) is 6.21. The molecule has 0 aromatic heterocycles. The predicted octanol–water partition coefficient (Wildman–Crippen LogP) is 2.56. The molecule has 0 saturated heterocycles. The van der Waals surface area contributed by atoms with Crippen molar-refractivity contribution >= 4 is 11.6 Å². The van der Waals surface area contributed by atoms with Gasteiger partial charge in [0.1, 0.15) is 0 Å². The van der Waals surface area contributed by atoms with Crippen molar-refractivity contribution in [3.8, 4) is 11.5 Å². The number of amides is 1. The van der Waals surface area contributed by atoms with Crippen LogP contribution in [0.4, 0.5) is 5.69 Å². The molecule has 5 heteroatoms. The lowest BCUT2D eigenvalue weighted by atomic mass is 10.2. The minimum Gasteiger partial charge on any atom is -0.490 e. The lowest BCUT2D eigenvalue weighted by Gasteiger charge is -2.13. The minimum absolute atomic E-state index is 0.112. The Morgan fingerprint density at radius 1 is 1.19 bits per heavy atom. The molecule has 1 saturated carbocycles. The summed E-state index contributed by atoms with van der Waals surface area (Å²) in [7, 11) is 0. The topological polar surface area (TPSA) is 59.6 Å². The fourth-order valence-corrected chi connectivity index (χ4v) is 2.01. The van der Waals surface area contributed by atoms with E-state index in [0.717, 1.165) is 30.0 Å². The Morgan fingerprint density at radius 3 is 2.57 bits per heavy atom. The highest BCUT2D eigenvalue weighted by Gasteiger charge is 2.22. The van der Waals surface area contributed by atoms with Gasteiger partial charge in [0.25, 0.3) is 0 Å². The van der Waals surface area contributed by atoms with Gasteiger partial charge in [0.15, 0.2) is 11.5 Å². The van der Waals surface area contributed by atoms with Crippen LogP contribution in [0.25, 0.3) is 0 Å². The molecular formula is C16H24N2O3. The van der Waals surface area contributed by atoms with Crippen LogP contribution in [0.5, 0.6) is 11.5 Å². The number of anilines is 1. The van der Waals surface area contributed by atoms with Gasteiger partial charge in [0.2, 0.25) is 5.91 Å². The van der Waals surface area contributed by atoms with Gasteiger partial charge in [0, 0.05) is 30.8 Å². The van der Waals surface area contributed by atoms with Gasteiger partial charge in [-0.2, -0.15) is 0 Å². The maximum atomic E-state index is 11.6. The van der Waals surface area contributed by atoms with Crippen LogP contribution >= 0.6 is 0 Å². The van der Waals surface area contributed by atoms with Crippen molar-refractivity contribution in [3.63, 3.8) is 0 Å². The van der Waals surface area contributed by atoms with Crippen LogP contribution in [0.1, 0.15) is 33.1 Å². The number of hydrogen-bond donors (Lipinski definition) is 2. The first kappa shape index (κ1) is 15.5. The van der Waals surface area contributed by atoms with E-state index in [9.17, 15) is 4.79 Å². The summed E-state index contributed by atoms with van der Waals surface area (Å²) >= 11 is 0. The van der Waals surface area contributed by atoms with Crippen LogP contribution in [-0.2, 0) is 4.79 Å². The molecule has 5 nitrogen and oxygen atoms in total. The van der Waals surface area contributed by atoms with Gasteiger partial charge in [-0.05, 0) is 38.8 Å². The molecule has 21 heavy (non-hydrogen) atoms. The number of ether oxygens (including phenoxy) is 2. The van der Waals surface area contributed by atoms with Crippen molar-refractivity contribution in [2.24, 2.45) is 0 Å². The largest absolute Gasteiger partial charge is 0.490 e. The second-order valence-electron chi connectivity index (χ2n) is 5.05. The fraction of sp³-hybridized carbons (Fsp3) is 0.562. The summed E-state index contributed by atoms with van der Waals surface area (Å²) in [6, 6.07) is 6.16. The zero-order valence-corrected chi connectivity index (χ0v) is 12.8. The quantitative estimate of drug-likeness (QED) is 0.734. The molecule has 1 fully saturated rings. The van der Waals surface area contributed by atoms with E-state index in [1.807, 2.05) is 32.0 Å². The van der Waals surface area contributed by atoms with Gasteiger partial charge < -0.3 is 20.1 Å². The number of hydrogen-bond acceptors (Lipinski definition) is 4. The zero-order chi connectivity index (χ0) is 15.1. The average molecular weight is 292 g/mol. The highest BCUT2D eigenvalue weighted by atomic mass is 16.5. The molecule has 0 spiro atoms. The molecule has 1 aliphatic carbocycles. The smallest absolute Gasteiger partial charge is 0.221 e. The second kappa shape index (κ2) is 7.76. The Morgan fingerprint density at radius 2 is 1.90 bits per heavy atom. The van der Waals surface area contributed by atoms with E-state index in [1.54, 1.807) is 0 Å². The van der Waals surface area contributed by atoms with Crippen LogP contribution in [0, 0.1) is 0 Å². The normalized spacial score (nSPS) is 13.6. The van der Waals surface area contributed by atoms with Gasteiger partial charge >= 0.3 is 0 Å². The standard InChI is InChI=1S/C16H24N2O3/c1-3-20-14-8-7-13(11-15(14)21-4-2)17-10-9-16(19)18-12-5-6-12/h7-8,11-12,17H,3-6,9-10H2,1-2H3,(H,18,19). The van der Waals surface area contributed by atoms with Crippen LogP contribution in [0.2, 0.25) is 0 Å². The van der Waals surface area contributed by atoms with E-state index in [1.165, 1.54) is 0 Å². The number of carbonyl (C=O) groups is 1. The Labute approximate surface area is 126 Å². The van der Waals surface area contributed by atoms with E-state index in [4.69, 9.17) is 9.47 Å². The molecule has 0 atom stereocenters. The van der Waals surface area contributed by atoms with E-state index in [0.29, 0.717) is 32.2 Å². The van der Waals surface area contributed by atoms with Crippen molar-refractivity contribution in [2.75, 3.05) is 25.1 Å². The number of nitrogens with one attached hydrogen (secondary N) is 2. The summed E-state index contributed by atoms with van der Waals surface area (Å²) < 4.78 is 11.1. The van der Waals surface area contributed by atoms with Gasteiger partial charge in [0.05, 0.1) is 13.2 Å². The third-order valence-electron chi connectivity index (χ3n) is 3.17. The summed E-state index contributed by atoms with van der Waals surface area (Å²) in [6.07, 6.45) is 2.72. The lowest BCUT2D eigenvalue weighted by molar-refractivity contribution is -0.120. The van der Waals surface area contributed by atoms with Crippen LogP contribution < -0.4 is 20.1 Å². The third kappa shape index (κ3) is 5.17. The monoisotopic (exact) mass is 292 g/mol. The molecule has 0 heterocycles. The van der Waals surface area contributed by atoms with Crippen molar-refractivity contribution in [2.45, 2.75) is 39.2 Å². The summed E-state index contributed by atoms with van der Waals surface area (Å²) in [4.78, 5) is 11.6. The Balaban J connectivity index is 1.83. The molecule has 0 aliphatic heterocycles. The Hall–Kier alpha value is -1.91. The van der Waals surface area contributed by atoms with Crippen LogP contribution in [-0.4, -0.2) is 31.7 Å². The maximum absolute atomic E-state index is 11.6. The van der Waals surface area contributed by atoms with Gasteiger partial charge in [-0.1, -0.05) is 0 Å². The van der Waals surface area contributed by atoms with Gasteiger partial charge in [-0.25, -0.2) is 0 Å². The first-order valence-electron chi connectivity index (χ1n) is 7.65. The highest BCUT2D eigenvalue weighted by molar-refractivity contribution is 5.77. The molecule has 2 N–H and O–H groups in total. The van der Waals surface area contributed by atoms with E-state index in [-0.39, 0.29) is 5.91 Å². The van der Waals surface area contributed by atoms with E-state index < -0.39 is 0 Å². The molecule has 1 amide bonds. The Kier molecular flexibility index (Phi) is 5.72. The number of benzene rings is 1. The number of rotatable bonds is 9. The molecule has 1 aliphatic rings. The second-order valence-corrected chi connectivity index (χ2v) is 5.05.